The fourth-order valence-electron chi connectivity index (χ4n) is 1.03. The number of hydrogen-bond acceptors (Lipinski definition) is 1. The molecule has 0 saturated carbocycles. The fourth-order valence-corrected chi connectivity index (χ4v) is 1.43. The van der Waals surface area contributed by atoms with Crippen LogP contribution in [0.1, 0.15) is 38.5 Å². The van der Waals surface area contributed by atoms with Crippen molar-refractivity contribution < 1.29 is 0 Å². The lowest BCUT2D eigenvalue weighted by Crippen LogP contribution is -1.82. The molecule has 0 amide bonds. The summed E-state index contributed by atoms with van der Waals surface area (Å²) in [4.78, 5) is 2.70. The number of azide groups is 1. The average Bonchev–Trinajstić information content (AvgIpc) is 2.10. The maximum atomic E-state index is 7.99. The highest BCUT2D eigenvalue weighted by Crippen LogP contribution is 2.06. The lowest BCUT2D eigenvalue weighted by Gasteiger charge is -1.97. The summed E-state index contributed by atoms with van der Waals surface area (Å²) >= 11 is 3.40. The molecule has 70 valence electrons. The van der Waals surface area contributed by atoms with Gasteiger partial charge in [-0.15, -0.1) is 0 Å². The SMILES string of the molecule is [N-]=[N+]=NCCCCCCCCBr. The van der Waals surface area contributed by atoms with Crippen LogP contribution in [0.3, 0.4) is 0 Å². The normalized spacial score (nSPS) is 9.42. The third-order valence-corrected chi connectivity index (χ3v) is 2.27. The van der Waals surface area contributed by atoms with E-state index in [1.807, 2.05) is 0 Å². The van der Waals surface area contributed by atoms with Crippen molar-refractivity contribution in [1.29, 1.82) is 0 Å². The first kappa shape index (κ1) is 11.8. The molecule has 0 rings (SSSR count). The highest BCUT2D eigenvalue weighted by Gasteiger charge is 1.89. The summed E-state index contributed by atoms with van der Waals surface area (Å²) in [5.74, 6) is 0. The number of rotatable bonds is 8. The van der Waals surface area contributed by atoms with Gasteiger partial charge in [0.15, 0.2) is 0 Å². The number of unbranched alkanes of at least 4 members (excludes halogenated alkanes) is 5. The molecule has 0 atom stereocenters. The molecule has 4 heteroatoms. The summed E-state index contributed by atoms with van der Waals surface area (Å²) in [6.07, 6.45) is 7.40. The van der Waals surface area contributed by atoms with E-state index in [-0.39, 0.29) is 0 Å². The Labute approximate surface area is 82.3 Å². The molecule has 12 heavy (non-hydrogen) atoms. The van der Waals surface area contributed by atoms with Gasteiger partial charge in [-0.05, 0) is 18.4 Å². The zero-order chi connectivity index (χ0) is 9.07. The van der Waals surface area contributed by atoms with Crippen LogP contribution in [0.5, 0.6) is 0 Å². The van der Waals surface area contributed by atoms with Gasteiger partial charge in [-0.3, -0.25) is 0 Å². The van der Waals surface area contributed by atoms with Gasteiger partial charge < -0.3 is 0 Å². The first-order chi connectivity index (χ1) is 5.91. The Morgan fingerprint density at radius 1 is 1.00 bits per heavy atom. The molecule has 0 spiro atoms. The molecular formula is C8H16BrN3. The van der Waals surface area contributed by atoms with E-state index < -0.39 is 0 Å². The van der Waals surface area contributed by atoms with E-state index in [9.17, 15) is 0 Å². The van der Waals surface area contributed by atoms with Crippen LogP contribution < -0.4 is 0 Å². The van der Waals surface area contributed by atoms with Crippen molar-refractivity contribution in [3.8, 4) is 0 Å². The van der Waals surface area contributed by atoms with Gasteiger partial charge in [0, 0.05) is 16.8 Å². The highest BCUT2D eigenvalue weighted by molar-refractivity contribution is 9.09. The van der Waals surface area contributed by atoms with Crippen LogP contribution in [-0.2, 0) is 0 Å². The van der Waals surface area contributed by atoms with Crippen LogP contribution >= 0.6 is 15.9 Å². The maximum Gasteiger partial charge on any atom is 0.0257 e. The Bertz CT molecular complexity index is 132. The standard InChI is InChI=1S/C8H16BrN3/c9-7-5-3-1-2-4-6-8-11-12-10/h1-8H2. The Balaban J connectivity index is 2.86. The van der Waals surface area contributed by atoms with Gasteiger partial charge >= 0.3 is 0 Å². The summed E-state index contributed by atoms with van der Waals surface area (Å²) < 4.78 is 0. The van der Waals surface area contributed by atoms with Crippen molar-refractivity contribution >= 4 is 15.9 Å². The van der Waals surface area contributed by atoms with E-state index in [0.29, 0.717) is 6.54 Å². The molecule has 0 unspecified atom stereocenters. The fraction of sp³-hybridized carbons (Fsp3) is 1.00. The number of alkyl halides is 1. The lowest BCUT2D eigenvalue weighted by molar-refractivity contribution is 0.614. The summed E-state index contributed by atoms with van der Waals surface area (Å²) in [5.41, 5.74) is 7.99. The van der Waals surface area contributed by atoms with Gasteiger partial charge in [0.1, 0.15) is 0 Å². The number of nitrogens with zero attached hydrogens (tertiary/aromatic N) is 3. The third kappa shape index (κ3) is 9.79. The first-order valence-electron chi connectivity index (χ1n) is 4.48. The van der Waals surface area contributed by atoms with Crippen molar-refractivity contribution in [2.45, 2.75) is 38.5 Å². The molecule has 0 aromatic carbocycles. The summed E-state index contributed by atoms with van der Waals surface area (Å²) in [5, 5.41) is 4.60. The number of hydrogen-bond donors (Lipinski definition) is 0. The Morgan fingerprint density at radius 3 is 2.17 bits per heavy atom. The molecule has 0 N–H and O–H groups in total. The second-order valence-electron chi connectivity index (χ2n) is 2.76. The van der Waals surface area contributed by atoms with E-state index in [1.165, 1.54) is 32.1 Å². The van der Waals surface area contributed by atoms with Crippen molar-refractivity contribution in [2.75, 3.05) is 11.9 Å². The lowest BCUT2D eigenvalue weighted by atomic mass is 10.1. The minimum atomic E-state index is 0.662. The Hall–Kier alpha value is -0.210. The predicted octanol–water partition coefficient (Wildman–Crippen LogP) is 4.03. The van der Waals surface area contributed by atoms with Crippen molar-refractivity contribution in [1.82, 2.24) is 0 Å². The summed E-state index contributed by atoms with van der Waals surface area (Å²) in [6, 6.07) is 0. The molecule has 0 aliphatic carbocycles. The van der Waals surface area contributed by atoms with Gasteiger partial charge in [-0.2, -0.15) is 0 Å². The molecular weight excluding hydrogens is 218 g/mol. The molecule has 0 aliphatic rings. The maximum absolute atomic E-state index is 7.99. The summed E-state index contributed by atoms with van der Waals surface area (Å²) in [6.45, 7) is 0.662. The topological polar surface area (TPSA) is 48.8 Å². The highest BCUT2D eigenvalue weighted by atomic mass is 79.9. The molecule has 0 radical (unpaired) electrons. The monoisotopic (exact) mass is 233 g/mol. The van der Waals surface area contributed by atoms with Crippen molar-refractivity contribution in [2.24, 2.45) is 5.11 Å². The van der Waals surface area contributed by atoms with E-state index in [0.717, 1.165) is 11.8 Å². The van der Waals surface area contributed by atoms with Crippen LogP contribution in [0, 0.1) is 0 Å². The molecule has 0 fully saturated rings. The molecule has 0 aromatic rings. The Kier molecular flexibility index (Phi) is 10.6. The van der Waals surface area contributed by atoms with E-state index >= 15 is 0 Å². The second kappa shape index (κ2) is 10.8. The third-order valence-electron chi connectivity index (χ3n) is 1.70. The van der Waals surface area contributed by atoms with Gasteiger partial charge in [-0.1, -0.05) is 46.7 Å². The van der Waals surface area contributed by atoms with Gasteiger partial charge in [-0.25, -0.2) is 0 Å². The molecule has 0 heterocycles. The van der Waals surface area contributed by atoms with Crippen LogP contribution in [0.15, 0.2) is 5.11 Å². The quantitative estimate of drug-likeness (QED) is 0.200. The zero-order valence-corrected chi connectivity index (χ0v) is 8.96. The van der Waals surface area contributed by atoms with Crippen molar-refractivity contribution in [3.63, 3.8) is 0 Å². The molecule has 0 aromatic heterocycles. The molecule has 3 nitrogen and oxygen atoms in total. The van der Waals surface area contributed by atoms with Crippen LogP contribution in [0.4, 0.5) is 0 Å². The van der Waals surface area contributed by atoms with E-state index in [1.54, 1.807) is 0 Å². The smallest absolute Gasteiger partial charge is 0.0257 e. The predicted molar refractivity (Wildman–Crippen MR) is 55.5 cm³/mol. The zero-order valence-electron chi connectivity index (χ0n) is 7.38. The largest absolute Gasteiger partial charge is 0.0940 e. The van der Waals surface area contributed by atoms with Gasteiger partial charge in [0.05, 0.1) is 0 Å². The minimum Gasteiger partial charge on any atom is -0.0940 e. The van der Waals surface area contributed by atoms with Crippen molar-refractivity contribution in [3.05, 3.63) is 10.4 Å². The number of halogens is 1. The van der Waals surface area contributed by atoms with Gasteiger partial charge in [0.2, 0.25) is 0 Å². The van der Waals surface area contributed by atoms with E-state index in [4.69, 9.17) is 5.53 Å². The molecule has 0 saturated heterocycles. The first-order valence-corrected chi connectivity index (χ1v) is 5.60. The minimum absolute atomic E-state index is 0.662. The molecule has 0 bridgehead atoms. The average molecular weight is 234 g/mol. The van der Waals surface area contributed by atoms with E-state index in [2.05, 4.69) is 26.0 Å². The second-order valence-corrected chi connectivity index (χ2v) is 3.56. The van der Waals surface area contributed by atoms with Gasteiger partial charge in [0.25, 0.3) is 0 Å². The van der Waals surface area contributed by atoms with Crippen LogP contribution in [-0.4, -0.2) is 11.9 Å². The summed E-state index contributed by atoms with van der Waals surface area (Å²) in [7, 11) is 0. The van der Waals surface area contributed by atoms with Crippen LogP contribution in [0.2, 0.25) is 0 Å². The molecule has 0 aliphatic heterocycles. The van der Waals surface area contributed by atoms with Crippen LogP contribution in [0.25, 0.3) is 10.4 Å². The Morgan fingerprint density at radius 2 is 1.58 bits per heavy atom.